The zero-order valence-electron chi connectivity index (χ0n) is 17.6. The maximum Gasteiger partial charge on any atom is 0.279 e. The molecule has 0 saturated heterocycles. The third kappa shape index (κ3) is 4.84. The van der Waals surface area contributed by atoms with Gasteiger partial charge in [0.05, 0.1) is 12.8 Å². The van der Waals surface area contributed by atoms with Gasteiger partial charge in [-0.1, -0.05) is 48.5 Å². The second-order valence-corrected chi connectivity index (χ2v) is 8.37. The first-order chi connectivity index (χ1) is 15.2. The number of amides is 1. The average Bonchev–Trinajstić information content (AvgIpc) is 3.13. The summed E-state index contributed by atoms with van der Waals surface area (Å²) in [4.78, 5) is 19.1. The number of carbonyl (C=O) groups is 1. The number of carbonyl (C=O) groups excluding carboxylic acids is 1. The van der Waals surface area contributed by atoms with Crippen LogP contribution in [-0.2, 0) is 13.0 Å². The van der Waals surface area contributed by atoms with Gasteiger partial charge in [-0.15, -0.1) is 11.3 Å². The number of hydrogen-bond donors (Lipinski definition) is 0. The predicted molar refractivity (Wildman–Crippen MR) is 126 cm³/mol. The SMILES string of the molecule is COc1ccc(-c2c(C)sc(=NC(=O)c3ccccc3)n2CCc2ccccc2)cc1. The fourth-order valence-electron chi connectivity index (χ4n) is 3.54. The van der Waals surface area contributed by atoms with E-state index in [0.717, 1.165) is 34.8 Å². The van der Waals surface area contributed by atoms with Crippen LogP contribution < -0.4 is 9.54 Å². The highest BCUT2D eigenvalue weighted by Gasteiger charge is 2.14. The molecule has 0 aliphatic heterocycles. The third-order valence-corrected chi connectivity index (χ3v) is 6.12. The van der Waals surface area contributed by atoms with Gasteiger partial charge in [-0.05, 0) is 60.9 Å². The second kappa shape index (κ2) is 9.58. The fourth-order valence-corrected chi connectivity index (χ4v) is 4.56. The van der Waals surface area contributed by atoms with Crippen molar-refractivity contribution in [1.29, 1.82) is 0 Å². The molecule has 0 aliphatic rings. The lowest BCUT2D eigenvalue weighted by atomic mass is 10.1. The summed E-state index contributed by atoms with van der Waals surface area (Å²) in [5.41, 5.74) is 4.01. The Hall–Kier alpha value is -3.44. The van der Waals surface area contributed by atoms with E-state index >= 15 is 0 Å². The molecule has 0 atom stereocenters. The molecule has 5 heteroatoms. The van der Waals surface area contributed by atoms with Crippen LogP contribution in [0.5, 0.6) is 5.75 Å². The largest absolute Gasteiger partial charge is 0.497 e. The molecule has 4 nitrogen and oxygen atoms in total. The minimum atomic E-state index is -0.225. The first-order valence-corrected chi connectivity index (χ1v) is 11.0. The second-order valence-electron chi connectivity index (χ2n) is 7.19. The average molecular weight is 429 g/mol. The summed E-state index contributed by atoms with van der Waals surface area (Å²) >= 11 is 1.55. The highest BCUT2D eigenvalue weighted by molar-refractivity contribution is 7.09. The van der Waals surface area contributed by atoms with E-state index in [2.05, 4.69) is 40.7 Å². The van der Waals surface area contributed by atoms with Crippen LogP contribution in [0.15, 0.2) is 89.9 Å². The monoisotopic (exact) mass is 428 g/mol. The zero-order valence-corrected chi connectivity index (χ0v) is 18.4. The maximum absolute atomic E-state index is 12.8. The predicted octanol–water partition coefficient (Wildman–Crippen LogP) is 5.52. The van der Waals surface area contributed by atoms with Gasteiger partial charge >= 0.3 is 0 Å². The molecule has 1 aromatic heterocycles. The topological polar surface area (TPSA) is 43.6 Å². The number of aromatic nitrogens is 1. The lowest BCUT2D eigenvalue weighted by Gasteiger charge is -2.11. The molecule has 0 unspecified atom stereocenters. The Labute approximate surface area is 186 Å². The van der Waals surface area contributed by atoms with Gasteiger partial charge in [-0.3, -0.25) is 4.79 Å². The van der Waals surface area contributed by atoms with E-state index in [1.165, 1.54) is 5.56 Å². The van der Waals surface area contributed by atoms with Crippen LogP contribution in [0.25, 0.3) is 11.3 Å². The number of hydrogen-bond acceptors (Lipinski definition) is 3. The van der Waals surface area contributed by atoms with Gasteiger partial charge in [-0.2, -0.15) is 4.99 Å². The van der Waals surface area contributed by atoms with Crippen LogP contribution in [0.1, 0.15) is 20.8 Å². The van der Waals surface area contributed by atoms with Gasteiger partial charge in [0.15, 0.2) is 4.80 Å². The van der Waals surface area contributed by atoms with Crippen LogP contribution in [0.3, 0.4) is 0 Å². The van der Waals surface area contributed by atoms with E-state index in [1.807, 2.05) is 48.5 Å². The van der Waals surface area contributed by atoms with Crippen LogP contribution in [0.4, 0.5) is 0 Å². The van der Waals surface area contributed by atoms with Gasteiger partial charge in [0.1, 0.15) is 5.75 Å². The normalized spacial score (nSPS) is 11.5. The van der Waals surface area contributed by atoms with Crippen molar-refractivity contribution in [3.63, 3.8) is 0 Å². The molecule has 0 spiro atoms. The first-order valence-electron chi connectivity index (χ1n) is 10.2. The van der Waals surface area contributed by atoms with E-state index in [-0.39, 0.29) is 5.91 Å². The Balaban J connectivity index is 1.78. The van der Waals surface area contributed by atoms with Crippen molar-refractivity contribution in [3.8, 4) is 17.0 Å². The van der Waals surface area contributed by atoms with Gasteiger partial charge in [0.2, 0.25) is 0 Å². The Kier molecular flexibility index (Phi) is 6.43. The molecule has 0 N–H and O–H groups in total. The summed E-state index contributed by atoms with van der Waals surface area (Å²) < 4.78 is 7.47. The Morgan fingerprint density at radius 3 is 2.23 bits per heavy atom. The number of aryl methyl sites for hydroxylation is 2. The molecule has 156 valence electrons. The number of thiazole rings is 1. The Morgan fingerprint density at radius 2 is 1.58 bits per heavy atom. The van der Waals surface area contributed by atoms with Crippen molar-refractivity contribution in [2.24, 2.45) is 4.99 Å². The quantitative estimate of drug-likeness (QED) is 0.406. The van der Waals surface area contributed by atoms with Crippen molar-refractivity contribution in [2.45, 2.75) is 19.9 Å². The lowest BCUT2D eigenvalue weighted by Crippen LogP contribution is -2.19. The Morgan fingerprint density at radius 1 is 0.935 bits per heavy atom. The minimum Gasteiger partial charge on any atom is -0.497 e. The van der Waals surface area contributed by atoms with Crippen LogP contribution in [-0.4, -0.2) is 17.6 Å². The summed E-state index contributed by atoms with van der Waals surface area (Å²) in [6.45, 7) is 2.81. The molecule has 31 heavy (non-hydrogen) atoms. The summed E-state index contributed by atoms with van der Waals surface area (Å²) in [6, 6.07) is 27.6. The summed E-state index contributed by atoms with van der Waals surface area (Å²) in [7, 11) is 1.66. The fraction of sp³-hybridized carbons (Fsp3) is 0.154. The van der Waals surface area contributed by atoms with Crippen LogP contribution in [0.2, 0.25) is 0 Å². The smallest absolute Gasteiger partial charge is 0.279 e. The molecule has 1 amide bonds. The number of benzene rings is 3. The van der Waals surface area contributed by atoms with Crippen molar-refractivity contribution in [1.82, 2.24) is 4.57 Å². The van der Waals surface area contributed by atoms with Crippen molar-refractivity contribution >= 4 is 17.2 Å². The van der Waals surface area contributed by atoms with E-state index in [4.69, 9.17) is 4.74 Å². The molecule has 0 bridgehead atoms. The molecule has 1 heterocycles. The van der Waals surface area contributed by atoms with Gasteiger partial charge in [0, 0.05) is 17.0 Å². The molecule has 4 rings (SSSR count). The standard InChI is InChI=1S/C26H24N2O2S/c1-19-24(21-13-15-23(30-2)16-14-21)28(18-17-20-9-5-3-6-10-20)26(31-19)27-25(29)22-11-7-4-8-12-22/h3-16H,17-18H2,1-2H3. The number of ether oxygens (including phenoxy) is 1. The molecular weight excluding hydrogens is 404 g/mol. The molecule has 4 aromatic rings. The van der Waals surface area contributed by atoms with E-state index in [1.54, 1.807) is 30.6 Å². The van der Waals surface area contributed by atoms with Gasteiger partial charge in [0.25, 0.3) is 5.91 Å². The number of rotatable bonds is 6. The summed E-state index contributed by atoms with van der Waals surface area (Å²) in [6.07, 6.45) is 0.854. The molecule has 0 radical (unpaired) electrons. The zero-order chi connectivity index (χ0) is 21.6. The Bertz CT molecular complexity index is 1220. The third-order valence-electron chi connectivity index (χ3n) is 5.13. The summed E-state index contributed by atoms with van der Waals surface area (Å²) in [5, 5.41) is 0. The molecular formula is C26H24N2O2S. The number of methoxy groups -OCH3 is 1. The van der Waals surface area contributed by atoms with Crippen molar-refractivity contribution in [3.05, 3.63) is 106 Å². The van der Waals surface area contributed by atoms with Crippen LogP contribution >= 0.6 is 11.3 Å². The first kappa shape index (κ1) is 20.8. The van der Waals surface area contributed by atoms with Crippen LogP contribution in [0, 0.1) is 6.92 Å². The van der Waals surface area contributed by atoms with Crippen molar-refractivity contribution in [2.75, 3.05) is 7.11 Å². The molecule has 0 aliphatic carbocycles. The number of nitrogens with zero attached hydrogens (tertiary/aromatic N) is 2. The minimum absolute atomic E-state index is 0.225. The lowest BCUT2D eigenvalue weighted by molar-refractivity contribution is 0.0998. The summed E-state index contributed by atoms with van der Waals surface area (Å²) in [5.74, 6) is 0.591. The highest BCUT2D eigenvalue weighted by atomic mass is 32.1. The molecule has 0 fully saturated rings. The van der Waals surface area contributed by atoms with E-state index in [0.29, 0.717) is 10.4 Å². The van der Waals surface area contributed by atoms with Gasteiger partial charge < -0.3 is 9.30 Å². The maximum atomic E-state index is 12.8. The van der Waals surface area contributed by atoms with E-state index in [9.17, 15) is 4.79 Å². The van der Waals surface area contributed by atoms with Gasteiger partial charge in [-0.25, -0.2) is 0 Å². The molecule has 0 saturated carbocycles. The highest BCUT2D eigenvalue weighted by Crippen LogP contribution is 2.27. The van der Waals surface area contributed by atoms with Crippen molar-refractivity contribution < 1.29 is 9.53 Å². The molecule has 3 aromatic carbocycles. The van der Waals surface area contributed by atoms with E-state index < -0.39 is 0 Å².